The first-order valence-corrected chi connectivity index (χ1v) is 19.7. The number of hydrogen-bond donors (Lipinski definition) is 0. The van der Waals surface area contributed by atoms with Crippen LogP contribution in [0.1, 0.15) is 82.4 Å². The highest BCUT2D eigenvalue weighted by Crippen LogP contribution is 2.33. The Morgan fingerprint density at radius 2 is 1.24 bits per heavy atom. The van der Waals surface area contributed by atoms with Crippen molar-refractivity contribution in [3.8, 4) is 11.1 Å². The maximum Gasteiger partial charge on any atom is 0.253 e. The molecule has 2 aliphatic rings. The minimum absolute atomic E-state index is 0. The number of hydrogen-bond acceptors (Lipinski definition) is 7. The minimum Gasteiger partial charge on any atom is -0.381 e. The van der Waals surface area contributed by atoms with Gasteiger partial charge in [-0.3, -0.25) is 4.79 Å². The number of pyridine rings is 1. The van der Waals surface area contributed by atoms with E-state index in [2.05, 4.69) is 75.3 Å². The first-order valence-electron chi connectivity index (χ1n) is 18.9. The normalized spacial score (nSPS) is 16.4. The number of imidazole rings is 2. The molecule has 0 amide bonds. The van der Waals surface area contributed by atoms with Crippen LogP contribution in [0, 0.1) is 6.92 Å². The van der Waals surface area contributed by atoms with E-state index >= 15 is 0 Å². The lowest BCUT2D eigenvalue weighted by molar-refractivity contribution is 0.0611. The highest BCUT2D eigenvalue weighted by atomic mass is 79.9. The van der Waals surface area contributed by atoms with Crippen molar-refractivity contribution in [3.05, 3.63) is 80.7 Å². The van der Waals surface area contributed by atoms with Crippen molar-refractivity contribution in [3.63, 3.8) is 0 Å². The molecular weight excluding hydrogens is 787 g/mol. The van der Waals surface area contributed by atoms with Crippen molar-refractivity contribution < 1.29 is 18.9 Å². The number of aryl methyl sites for hydroxylation is 2. The Labute approximate surface area is 342 Å². The topological polar surface area (TPSA) is 94.6 Å². The van der Waals surface area contributed by atoms with Crippen LogP contribution in [-0.4, -0.2) is 75.5 Å². The van der Waals surface area contributed by atoms with Crippen molar-refractivity contribution in [2.75, 3.05) is 39.6 Å². The smallest absolute Gasteiger partial charge is 0.253 e. The Bertz CT molecular complexity index is 1990. The minimum atomic E-state index is 0. The predicted octanol–water partition coefficient (Wildman–Crippen LogP) is 8.37. The van der Waals surface area contributed by atoms with Crippen LogP contribution in [0.5, 0.6) is 0 Å². The molecule has 13 heteroatoms. The summed E-state index contributed by atoms with van der Waals surface area (Å²) >= 11 is 3.58. The molecule has 0 unspecified atom stereocenters. The number of fused-ring (bicyclic) bond motifs is 2. The maximum absolute atomic E-state index is 12.1. The van der Waals surface area contributed by atoms with E-state index in [1.165, 1.54) is 11.3 Å². The van der Waals surface area contributed by atoms with Crippen LogP contribution < -0.4 is 5.56 Å². The lowest BCUT2D eigenvalue weighted by atomic mass is 9.99. The SMILES string of the molecule is CCO[C@@H](C)Cn1c(C2CCOCC2)nc2ccc(-c3cc(C)c(=O)n(C)c3)cc21.CCO[C@@H](C)Cn1c(C2CCOCC2)nc2ccc(Br)cc21.S.S. The van der Waals surface area contributed by atoms with Crippen LogP contribution in [-0.2, 0) is 39.1 Å². The zero-order chi connectivity index (χ0) is 36.8. The molecule has 2 aromatic carbocycles. The van der Waals surface area contributed by atoms with E-state index in [1.54, 1.807) is 11.6 Å². The van der Waals surface area contributed by atoms with Gasteiger partial charge in [-0.15, -0.1) is 0 Å². The Hall–Kier alpha value is -2.65. The van der Waals surface area contributed by atoms with Gasteiger partial charge in [-0.2, -0.15) is 27.0 Å². The second-order valence-electron chi connectivity index (χ2n) is 14.1. The van der Waals surface area contributed by atoms with Gasteiger partial charge in [0.15, 0.2) is 0 Å². The second-order valence-corrected chi connectivity index (χ2v) is 15.0. The van der Waals surface area contributed by atoms with Crippen LogP contribution >= 0.6 is 42.9 Å². The maximum atomic E-state index is 12.1. The summed E-state index contributed by atoms with van der Waals surface area (Å²) in [7, 11) is 1.80. The average Bonchev–Trinajstić information content (AvgIpc) is 3.68. The van der Waals surface area contributed by atoms with Crippen molar-refractivity contribution in [1.82, 2.24) is 23.7 Å². The molecular formula is C41H58BrN5O5S2. The molecule has 5 aromatic rings. The van der Waals surface area contributed by atoms with E-state index < -0.39 is 0 Å². The summed E-state index contributed by atoms with van der Waals surface area (Å²) in [5.74, 6) is 3.20. The fourth-order valence-corrected chi connectivity index (χ4v) is 7.93. The Balaban J connectivity index is 0.000000242. The van der Waals surface area contributed by atoms with Gasteiger partial charge < -0.3 is 32.6 Å². The fourth-order valence-electron chi connectivity index (χ4n) is 7.58. The Morgan fingerprint density at radius 1 is 0.759 bits per heavy atom. The predicted molar refractivity (Wildman–Crippen MR) is 231 cm³/mol. The zero-order valence-corrected chi connectivity index (χ0v) is 36.2. The molecule has 2 aliphatic heterocycles. The quantitative estimate of drug-likeness (QED) is 0.132. The highest BCUT2D eigenvalue weighted by molar-refractivity contribution is 9.10. The van der Waals surface area contributed by atoms with E-state index in [0.29, 0.717) is 18.4 Å². The largest absolute Gasteiger partial charge is 0.381 e. The molecule has 2 fully saturated rings. The number of aromatic nitrogens is 5. The summed E-state index contributed by atoms with van der Waals surface area (Å²) in [6, 6.07) is 14.7. The van der Waals surface area contributed by atoms with Gasteiger partial charge in [-0.1, -0.05) is 22.0 Å². The molecule has 0 radical (unpaired) electrons. The zero-order valence-electron chi connectivity index (χ0n) is 32.6. The summed E-state index contributed by atoms with van der Waals surface area (Å²) in [5.41, 5.74) is 7.28. The fraction of sp³-hybridized carbons (Fsp3) is 0.537. The molecule has 7 rings (SSSR count). The monoisotopic (exact) mass is 843 g/mol. The van der Waals surface area contributed by atoms with Gasteiger partial charge in [-0.05, 0) is 108 Å². The van der Waals surface area contributed by atoms with Gasteiger partial charge in [0.25, 0.3) is 5.56 Å². The average molecular weight is 845 g/mol. The van der Waals surface area contributed by atoms with Crippen LogP contribution in [0.2, 0.25) is 0 Å². The van der Waals surface area contributed by atoms with Crippen molar-refractivity contribution in [2.24, 2.45) is 7.05 Å². The molecule has 3 aromatic heterocycles. The lowest BCUT2D eigenvalue weighted by Gasteiger charge is -2.24. The summed E-state index contributed by atoms with van der Waals surface area (Å²) < 4.78 is 30.1. The van der Waals surface area contributed by atoms with Crippen molar-refractivity contribution in [2.45, 2.75) is 97.4 Å². The molecule has 2 saturated heterocycles. The first kappa shape index (κ1) is 44.1. The van der Waals surface area contributed by atoms with Crippen LogP contribution in [0.25, 0.3) is 33.2 Å². The summed E-state index contributed by atoms with van der Waals surface area (Å²) in [6.07, 6.45) is 6.29. The van der Waals surface area contributed by atoms with Crippen molar-refractivity contribution >= 4 is 65.0 Å². The van der Waals surface area contributed by atoms with Gasteiger partial charge in [0.05, 0.1) is 47.4 Å². The molecule has 54 heavy (non-hydrogen) atoms. The van der Waals surface area contributed by atoms with Gasteiger partial charge in [-0.25, -0.2) is 9.97 Å². The molecule has 0 spiro atoms. The van der Waals surface area contributed by atoms with E-state index in [4.69, 9.17) is 28.9 Å². The molecule has 5 heterocycles. The van der Waals surface area contributed by atoms with Crippen LogP contribution in [0.15, 0.2) is 57.9 Å². The van der Waals surface area contributed by atoms with Crippen LogP contribution in [0.4, 0.5) is 0 Å². The van der Waals surface area contributed by atoms with E-state index in [0.717, 1.165) is 115 Å². The third-order valence-corrected chi connectivity index (χ3v) is 10.7. The van der Waals surface area contributed by atoms with E-state index in [-0.39, 0.29) is 44.8 Å². The molecule has 296 valence electrons. The number of nitrogens with zero attached hydrogens (tertiary/aromatic N) is 5. The second kappa shape index (κ2) is 20.5. The summed E-state index contributed by atoms with van der Waals surface area (Å²) in [6.45, 7) is 16.5. The number of halogens is 1. The molecule has 0 aliphatic carbocycles. The Morgan fingerprint density at radius 3 is 1.72 bits per heavy atom. The summed E-state index contributed by atoms with van der Waals surface area (Å²) in [5, 5.41) is 0. The van der Waals surface area contributed by atoms with Crippen molar-refractivity contribution in [1.29, 1.82) is 0 Å². The molecule has 2 atom stereocenters. The number of ether oxygens (including phenoxy) is 4. The van der Waals surface area contributed by atoms with E-state index in [9.17, 15) is 4.79 Å². The van der Waals surface area contributed by atoms with E-state index in [1.807, 2.05) is 33.0 Å². The van der Waals surface area contributed by atoms with Crippen LogP contribution in [0.3, 0.4) is 0 Å². The van der Waals surface area contributed by atoms with Gasteiger partial charge >= 0.3 is 0 Å². The summed E-state index contributed by atoms with van der Waals surface area (Å²) in [4.78, 5) is 22.1. The third kappa shape index (κ3) is 10.4. The third-order valence-electron chi connectivity index (χ3n) is 10.2. The lowest BCUT2D eigenvalue weighted by Crippen LogP contribution is -2.22. The number of rotatable bonds is 11. The standard InChI is InChI=1S/C24H31N3O3.C17H23BrN2O2.2H2S/c1-5-30-17(3)14-27-22-13-19(20-12-16(2)24(28)26(4)15-20)6-7-21(22)25-23(27)18-8-10-29-11-9-18;1-3-22-12(2)11-20-16-10-14(18)4-5-15(16)19-17(20)13-6-8-21-9-7-13;;/h6-7,12-13,15,17-18H,5,8-11,14H2,1-4H3;4-5,10,12-13H,3,6-9,11H2,1-2H3;2*1H2/t17-;12-;;/m00../s1. The first-order chi connectivity index (χ1) is 25.2. The highest BCUT2D eigenvalue weighted by Gasteiger charge is 2.25. The molecule has 0 bridgehead atoms. The number of benzene rings is 2. The molecule has 10 nitrogen and oxygen atoms in total. The van der Waals surface area contributed by atoms with Gasteiger partial charge in [0.1, 0.15) is 11.6 Å². The molecule has 0 N–H and O–H groups in total. The van der Waals surface area contributed by atoms with Gasteiger partial charge in [0.2, 0.25) is 0 Å². The van der Waals surface area contributed by atoms with Gasteiger partial charge in [0, 0.05) is 74.8 Å². The molecule has 0 saturated carbocycles. The Kier molecular flexibility index (Phi) is 16.7.